The summed E-state index contributed by atoms with van der Waals surface area (Å²) in [6.07, 6.45) is 0.894. The van der Waals surface area contributed by atoms with Crippen molar-refractivity contribution >= 4 is 23.4 Å². The minimum absolute atomic E-state index is 0.679. The van der Waals surface area contributed by atoms with Gasteiger partial charge in [0.1, 0.15) is 0 Å². The number of halogens is 1. The van der Waals surface area contributed by atoms with E-state index in [2.05, 4.69) is 14.8 Å². The molecule has 5 nitrogen and oxygen atoms in total. The molecule has 0 unspecified atom stereocenters. The first-order valence-corrected chi connectivity index (χ1v) is 9.01. The number of hydrogen-bond acceptors (Lipinski definition) is 5. The van der Waals surface area contributed by atoms with Crippen LogP contribution in [0.1, 0.15) is 13.3 Å². The zero-order valence-corrected chi connectivity index (χ0v) is 15.1. The van der Waals surface area contributed by atoms with Crippen molar-refractivity contribution < 1.29 is 9.47 Å². The molecule has 0 radical (unpaired) electrons. The number of ether oxygens (including phenoxy) is 2. The topological polar surface area (TPSA) is 49.2 Å². The van der Waals surface area contributed by atoms with E-state index in [9.17, 15) is 0 Å². The van der Waals surface area contributed by atoms with Crippen LogP contribution in [0.25, 0.3) is 11.4 Å². The van der Waals surface area contributed by atoms with Crippen LogP contribution >= 0.6 is 23.4 Å². The molecule has 7 heteroatoms. The van der Waals surface area contributed by atoms with Crippen LogP contribution in [0.15, 0.2) is 29.4 Å². The molecule has 0 aliphatic rings. The van der Waals surface area contributed by atoms with Crippen molar-refractivity contribution in [2.24, 2.45) is 0 Å². The Morgan fingerprint density at radius 2 is 2.04 bits per heavy atom. The van der Waals surface area contributed by atoms with Gasteiger partial charge in [-0.1, -0.05) is 35.5 Å². The lowest BCUT2D eigenvalue weighted by Gasteiger charge is -2.11. The van der Waals surface area contributed by atoms with Gasteiger partial charge in [-0.2, -0.15) is 0 Å². The SMILES string of the molecule is CCOCCSc1nnc(-c2ccccc2Cl)n1CCCOC. The molecule has 1 aromatic heterocycles. The van der Waals surface area contributed by atoms with Crippen LogP contribution in [-0.4, -0.2) is 47.4 Å². The van der Waals surface area contributed by atoms with Gasteiger partial charge in [-0.3, -0.25) is 0 Å². The number of nitrogens with zero attached hydrogens (tertiary/aromatic N) is 3. The number of hydrogen-bond donors (Lipinski definition) is 0. The molecule has 0 atom stereocenters. The van der Waals surface area contributed by atoms with Crippen LogP contribution in [0.4, 0.5) is 0 Å². The molecule has 0 saturated heterocycles. The van der Waals surface area contributed by atoms with E-state index in [4.69, 9.17) is 21.1 Å². The van der Waals surface area contributed by atoms with Gasteiger partial charge in [0.25, 0.3) is 0 Å². The molecule has 1 heterocycles. The number of benzene rings is 1. The summed E-state index contributed by atoms with van der Waals surface area (Å²) in [7, 11) is 1.71. The highest BCUT2D eigenvalue weighted by molar-refractivity contribution is 7.99. The van der Waals surface area contributed by atoms with Crippen LogP contribution < -0.4 is 0 Å². The summed E-state index contributed by atoms with van der Waals surface area (Å²) in [4.78, 5) is 0. The lowest BCUT2D eigenvalue weighted by molar-refractivity contribution is 0.164. The fourth-order valence-corrected chi connectivity index (χ4v) is 3.18. The first-order valence-electron chi connectivity index (χ1n) is 7.65. The van der Waals surface area contributed by atoms with Gasteiger partial charge >= 0.3 is 0 Å². The van der Waals surface area contributed by atoms with Gasteiger partial charge in [-0.25, -0.2) is 0 Å². The van der Waals surface area contributed by atoms with Gasteiger partial charge in [0.05, 0.1) is 11.6 Å². The van der Waals surface area contributed by atoms with E-state index in [-0.39, 0.29) is 0 Å². The molecule has 126 valence electrons. The van der Waals surface area contributed by atoms with E-state index in [0.29, 0.717) is 18.2 Å². The average molecular weight is 356 g/mol. The highest BCUT2D eigenvalue weighted by Crippen LogP contribution is 2.29. The summed E-state index contributed by atoms with van der Waals surface area (Å²) in [6, 6.07) is 7.70. The quantitative estimate of drug-likeness (QED) is 0.479. The molecule has 0 bridgehead atoms. The number of methoxy groups -OCH3 is 1. The lowest BCUT2D eigenvalue weighted by Crippen LogP contribution is -2.06. The van der Waals surface area contributed by atoms with Gasteiger partial charge in [0, 0.05) is 38.2 Å². The Morgan fingerprint density at radius 1 is 1.22 bits per heavy atom. The third kappa shape index (κ3) is 5.21. The molecule has 0 aliphatic heterocycles. The van der Waals surface area contributed by atoms with Crippen LogP contribution in [0.5, 0.6) is 0 Å². The Kier molecular flexibility index (Phi) is 7.88. The Balaban J connectivity index is 2.20. The fourth-order valence-electron chi connectivity index (χ4n) is 2.14. The van der Waals surface area contributed by atoms with E-state index in [1.54, 1.807) is 18.9 Å². The van der Waals surface area contributed by atoms with E-state index in [1.807, 2.05) is 31.2 Å². The van der Waals surface area contributed by atoms with Gasteiger partial charge < -0.3 is 14.0 Å². The second-order valence-corrected chi connectivity index (χ2v) is 6.30. The highest BCUT2D eigenvalue weighted by Gasteiger charge is 2.16. The van der Waals surface area contributed by atoms with Crippen LogP contribution in [0.3, 0.4) is 0 Å². The molecule has 0 aliphatic carbocycles. The Hall–Kier alpha value is -1.08. The predicted octanol–water partition coefficient (Wildman–Crippen LogP) is 3.76. The molecule has 0 amide bonds. The standard InChI is InChI=1S/C16H22ClN3O2S/c1-3-22-11-12-23-16-19-18-15(20(16)9-6-10-21-2)13-7-4-5-8-14(13)17/h4-5,7-8H,3,6,9-12H2,1-2H3. The van der Waals surface area contributed by atoms with Crippen molar-refractivity contribution in [2.45, 2.75) is 25.0 Å². The lowest BCUT2D eigenvalue weighted by atomic mass is 10.2. The fraction of sp³-hybridized carbons (Fsp3) is 0.500. The van der Waals surface area contributed by atoms with Crippen molar-refractivity contribution in [2.75, 3.05) is 32.7 Å². The first kappa shape index (κ1) is 18.3. The second kappa shape index (κ2) is 9.93. The third-order valence-corrected chi connectivity index (χ3v) is 4.49. The predicted molar refractivity (Wildman–Crippen MR) is 94.2 cm³/mol. The average Bonchev–Trinajstić information content (AvgIpc) is 2.95. The van der Waals surface area contributed by atoms with E-state index < -0.39 is 0 Å². The first-order chi connectivity index (χ1) is 11.3. The van der Waals surface area contributed by atoms with Crippen molar-refractivity contribution in [3.63, 3.8) is 0 Å². The molecule has 0 N–H and O–H groups in total. The van der Waals surface area contributed by atoms with Gasteiger partial charge in [0.15, 0.2) is 11.0 Å². The van der Waals surface area contributed by atoms with Crippen molar-refractivity contribution in [3.8, 4) is 11.4 Å². The maximum atomic E-state index is 6.31. The summed E-state index contributed by atoms with van der Waals surface area (Å²) in [5.41, 5.74) is 0.899. The monoisotopic (exact) mass is 355 g/mol. The molecular weight excluding hydrogens is 334 g/mol. The zero-order chi connectivity index (χ0) is 16.5. The smallest absolute Gasteiger partial charge is 0.191 e. The maximum Gasteiger partial charge on any atom is 0.191 e. The summed E-state index contributed by atoms with van der Waals surface area (Å²) >= 11 is 7.96. The molecule has 0 saturated carbocycles. The largest absolute Gasteiger partial charge is 0.385 e. The minimum atomic E-state index is 0.679. The molecule has 2 rings (SSSR count). The zero-order valence-electron chi connectivity index (χ0n) is 13.5. The van der Waals surface area contributed by atoms with Crippen molar-refractivity contribution in [1.82, 2.24) is 14.8 Å². The Bertz CT molecular complexity index is 607. The molecule has 1 aromatic carbocycles. The summed E-state index contributed by atoms with van der Waals surface area (Å²) in [5, 5.41) is 10.2. The van der Waals surface area contributed by atoms with Gasteiger partial charge in [0.2, 0.25) is 0 Å². The molecular formula is C16H22ClN3O2S. The normalized spacial score (nSPS) is 11.1. The Morgan fingerprint density at radius 3 is 2.78 bits per heavy atom. The van der Waals surface area contributed by atoms with Crippen LogP contribution in [-0.2, 0) is 16.0 Å². The van der Waals surface area contributed by atoms with E-state index >= 15 is 0 Å². The second-order valence-electron chi connectivity index (χ2n) is 4.83. The van der Waals surface area contributed by atoms with Crippen molar-refractivity contribution in [3.05, 3.63) is 29.3 Å². The molecule has 0 spiro atoms. The minimum Gasteiger partial charge on any atom is -0.385 e. The highest BCUT2D eigenvalue weighted by atomic mass is 35.5. The van der Waals surface area contributed by atoms with Gasteiger partial charge in [-0.05, 0) is 25.5 Å². The third-order valence-electron chi connectivity index (χ3n) is 3.22. The molecule has 2 aromatic rings. The number of aromatic nitrogens is 3. The van der Waals surface area contributed by atoms with Crippen LogP contribution in [0, 0.1) is 0 Å². The van der Waals surface area contributed by atoms with Crippen molar-refractivity contribution in [1.29, 1.82) is 0 Å². The van der Waals surface area contributed by atoms with E-state index in [0.717, 1.165) is 41.9 Å². The molecule has 0 fully saturated rings. The van der Waals surface area contributed by atoms with Crippen LogP contribution in [0.2, 0.25) is 5.02 Å². The summed E-state index contributed by atoms with van der Waals surface area (Å²) in [6.45, 7) is 4.91. The number of thioether (sulfide) groups is 1. The summed E-state index contributed by atoms with van der Waals surface area (Å²) in [5.74, 6) is 1.64. The number of rotatable bonds is 10. The van der Waals surface area contributed by atoms with E-state index in [1.165, 1.54) is 0 Å². The molecule has 23 heavy (non-hydrogen) atoms. The summed E-state index contributed by atoms with van der Waals surface area (Å²) < 4.78 is 12.6. The van der Waals surface area contributed by atoms with Gasteiger partial charge in [-0.15, -0.1) is 10.2 Å². The Labute approximate surface area is 146 Å². The maximum absolute atomic E-state index is 6.31.